The van der Waals surface area contributed by atoms with Gasteiger partial charge < -0.3 is 11.1 Å². The SMILES string of the molecule is [B]Cc1c(C2CCCNC2)nc2c(-c3ccsc3)cnn2c1N. The number of nitrogens with one attached hydrogen (secondary N) is 1. The lowest BCUT2D eigenvalue weighted by Crippen LogP contribution is -2.30. The summed E-state index contributed by atoms with van der Waals surface area (Å²) in [5, 5.41) is 12.0. The third-order valence-electron chi connectivity index (χ3n) is 4.54. The lowest BCUT2D eigenvalue weighted by Gasteiger charge is -2.25. The van der Waals surface area contributed by atoms with Gasteiger partial charge in [-0.25, -0.2) is 4.98 Å². The van der Waals surface area contributed by atoms with E-state index in [1.807, 2.05) is 6.20 Å². The van der Waals surface area contributed by atoms with E-state index in [0.29, 0.717) is 18.1 Å². The predicted octanol–water partition coefficient (Wildman–Crippen LogP) is 2.18. The summed E-state index contributed by atoms with van der Waals surface area (Å²) in [5.74, 6) is 0.972. The van der Waals surface area contributed by atoms with Crippen LogP contribution in [-0.2, 0) is 6.32 Å². The minimum atomic E-state index is 0.361. The topological polar surface area (TPSA) is 68.2 Å². The smallest absolute Gasteiger partial charge is 0.165 e. The van der Waals surface area contributed by atoms with E-state index in [0.717, 1.165) is 54.0 Å². The zero-order valence-corrected chi connectivity index (χ0v) is 13.6. The summed E-state index contributed by atoms with van der Waals surface area (Å²) >= 11 is 1.66. The predicted molar refractivity (Wildman–Crippen MR) is 95.0 cm³/mol. The molecule has 2 radical (unpaired) electrons. The molecule has 3 N–H and O–H groups in total. The van der Waals surface area contributed by atoms with Crippen LogP contribution in [0.15, 0.2) is 23.0 Å². The minimum Gasteiger partial charge on any atom is -0.383 e. The first-order valence-electron chi connectivity index (χ1n) is 7.89. The van der Waals surface area contributed by atoms with E-state index in [1.54, 1.807) is 15.9 Å². The molecule has 1 unspecified atom stereocenters. The maximum atomic E-state index is 6.37. The highest BCUT2D eigenvalue weighted by atomic mass is 32.1. The van der Waals surface area contributed by atoms with Crippen molar-refractivity contribution in [3.8, 4) is 11.1 Å². The maximum Gasteiger partial charge on any atom is 0.165 e. The van der Waals surface area contributed by atoms with Crippen LogP contribution in [0.5, 0.6) is 0 Å². The summed E-state index contributed by atoms with van der Waals surface area (Å²) in [6.07, 6.45) is 4.49. The highest BCUT2D eigenvalue weighted by Crippen LogP contribution is 2.32. The molecule has 0 aliphatic carbocycles. The van der Waals surface area contributed by atoms with Crippen LogP contribution in [0.2, 0.25) is 0 Å². The van der Waals surface area contributed by atoms with Crippen LogP contribution in [0.3, 0.4) is 0 Å². The number of piperidine rings is 1. The van der Waals surface area contributed by atoms with E-state index >= 15 is 0 Å². The van der Waals surface area contributed by atoms with Gasteiger partial charge in [-0.2, -0.15) is 21.0 Å². The lowest BCUT2D eigenvalue weighted by molar-refractivity contribution is 0.453. The fourth-order valence-corrected chi connectivity index (χ4v) is 3.98. The van der Waals surface area contributed by atoms with Crippen molar-refractivity contribution >= 4 is 30.6 Å². The zero-order chi connectivity index (χ0) is 15.8. The lowest BCUT2D eigenvalue weighted by atomic mass is 9.87. The van der Waals surface area contributed by atoms with Crippen LogP contribution >= 0.6 is 11.3 Å². The van der Waals surface area contributed by atoms with E-state index < -0.39 is 0 Å². The second kappa shape index (κ2) is 5.98. The number of nitrogens with two attached hydrogens (primary N) is 1. The van der Waals surface area contributed by atoms with Crippen molar-refractivity contribution in [3.05, 3.63) is 34.3 Å². The average molecular weight is 323 g/mol. The van der Waals surface area contributed by atoms with Crippen LogP contribution < -0.4 is 11.1 Å². The molecule has 0 saturated carbocycles. The summed E-state index contributed by atoms with van der Waals surface area (Å²) in [6.45, 7) is 2.00. The van der Waals surface area contributed by atoms with Crippen LogP contribution in [0.4, 0.5) is 5.82 Å². The fourth-order valence-electron chi connectivity index (χ4n) is 3.32. The van der Waals surface area contributed by atoms with Crippen molar-refractivity contribution in [2.75, 3.05) is 18.8 Å². The summed E-state index contributed by atoms with van der Waals surface area (Å²) in [5.41, 5.74) is 11.3. The molecule has 0 bridgehead atoms. The van der Waals surface area contributed by atoms with Gasteiger partial charge in [0.05, 0.1) is 19.7 Å². The number of nitrogen functional groups attached to an aromatic ring is 1. The Labute approximate surface area is 140 Å². The Morgan fingerprint density at radius 3 is 3.09 bits per heavy atom. The van der Waals surface area contributed by atoms with Gasteiger partial charge in [-0.05, 0) is 41.8 Å². The molecule has 1 saturated heterocycles. The molecule has 3 aromatic heterocycles. The van der Waals surface area contributed by atoms with Crippen molar-refractivity contribution in [2.45, 2.75) is 25.1 Å². The molecule has 4 rings (SSSR count). The van der Waals surface area contributed by atoms with Gasteiger partial charge in [-0.3, -0.25) is 0 Å². The first-order valence-corrected chi connectivity index (χ1v) is 8.83. The van der Waals surface area contributed by atoms with E-state index in [2.05, 4.69) is 27.2 Å². The largest absolute Gasteiger partial charge is 0.383 e. The fraction of sp³-hybridized carbons (Fsp3) is 0.375. The van der Waals surface area contributed by atoms with Crippen LogP contribution in [0.1, 0.15) is 30.0 Å². The van der Waals surface area contributed by atoms with Crippen LogP contribution in [0.25, 0.3) is 16.8 Å². The van der Waals surface area contributed by atoms with Gasteiger partial charge in [-0.15, -0.1) is 0 Å². The second-order valence-corrected chi connectivity index (χ2v) is 6.69. The molecular weight excluding hydrogens is 305 g/mol. The zero-order valence-electron chi connectivity index (χ0n) is 12.8. The number of hydrogen-bond donors (Lipinski definition) is 2. The maximum absolute atomic E-state index is 6.37. The van der Waals surface area contributed by atoms with Crippen LogP contribution in [-0.4, -0.2) is 35.5 Å². The number of aromatic nitrogens is 3. The highest BCUT2D eigenvalue weighted by molar-refractivity contribution is 7.08. The summed E-state index contributed by atoms with van der Waals surface area (Å²) in [7, 11) is 5.97. The Kier molecular flexibility index (Phi) is 3.83. The van der Waals surface area contributed by atoms with E-state index in [-0.39, 0.29) is 0 Å². The number of hydrogen-bond acceptors (Lipinski definition) is 5. The molecule has 7 heteroatoms. The molecule has 0 amide bonds. The molecule has 0 aromatic carbocycles. The molecule has 4 heterocycles. The molecule has 5 nitrogen and oxygen atoms in total. The molecule has 23 heavy (non-hydrogen) atoms. The molecule has 3 aromatic rings. The normalized spacial score (nSPS) is 18.5. The number of rotatable bonds is 3. The summed E-state index contributed by atoms with van der Waals surface area (Å²) in [4.78, 5) is 4.95. The van der Waals surface area contributed by atoms with Crippen LogP contribution in [0, 0.1) is 0 Å². The standard InChI is InChI=1S/C16H18BN5S/c17-6-12-14(10-2-1-4-19-7-10)21-16-13(11-3-5-23-9-11)8-20-22(16)15(12)18/h3,5,8-10,19H,1-2,4,6-7,18H2. The average Bonchev–Trinajstić information content (AvgIpc) is 3.24. The van der Waals surface area contributed by atoms with Crippen molar-refractivity contribution in [3.63, 3.8) is 0 Å². The molecule has 1 atom stereocenters. The van der Waals surface area contributed by atoms with Crippen molar-refractivity contribution < 1.29 is 0 Å². The summed E-state index contributed by atoms with van der Waals surface area (Å²) < 4.78 is 1.72. The van der Waals surface area contributed by atoms with E-state index in [4.69, 9.17) is 18.6 Å². The van der Waals surface area contributed by atoms with Gasteiger partial charge in [0, 0.05) is 23.6 Å². The number of anilines is 1. The minimum absolute atomic E-state index is 0.361. The quantitative estimate of drug-likeness (QED) is 0.725. The first kappa shape index (κ1) is 14.7. The molecule has 116 valence electrons. The van der Waals surface area contributed by atoms with Gasteiger partial charge in [0.15, 0.2) is 5.65 Å². The van der Waals surface area contributed by atoms with Crippen molar-refractivity contribution in [1.82, 2.24) is 19.9 Å². The van der Waals surface area contributed by atoms with Gasteiger partial charge in [0.2, 0.25) is 0 Å². The second-order valence-electron chi connectivity index (χ2n) is 5.91. The van der Waals surface area contributed by atoms with Gasteiger partial charge >= 0.3 is 0 Å². The van der Waals surface area contributed by atoms with Gasteiger partial charge in [0.25, 0.3) is 0 Å². The third kappa shape index (κ3) is 2.44. The van der Waals surface area contributed by atoms with Gasteiger partial charge in [-0.1, -0.05) is 6.32 Å². The summed E-state index contributed by atoms with van der Waals surface area (Å²) in [6, 6.07) is 2.08. The van der Waals surface area contributed by atoms with Gasteiger partial charge in [0.1, 0.15) is 5.82 Å². The number of thiophene rings is 1. The Bertz CT molecular complexity index is 821. The Morgan fingerprint density at radius 2 is 2.39 bits per heavy atom. The van der Waals surface area contributed by atoms with Crippen molar-refractivity contribution in [2.24, 2.45) is 0 Å². The Morgan fingerprint density at radius 1 is 1.48 bits per heavy atom. The molecule has 1 aliphatic heterocycles. The van der Waals surface area contributed by atoms with E-state index in [9.17, 15) is 0 Å². The molecule has 0 spiro atoms. The number of fused-ring (bicyclic) bond motifs is 1. The molecule has 1 aliphatic rings. The Hall–Kier alpha value is -1.86. The Balaban J connectivity index is 1.92. The monoisotopic (exact) mass is 323 g/mol. The molecule has 1 fully saturated rings. The first-order chi connectivity index (χ1) is 11.3. The highest BCUT2D eigenvalue weighted by Gasteiger charge is 2.23. The molecular formula is C16H18BN5S. The third-order valence-corrected chi connectivity index (χ3v) is 5.22. The number of nitrogens with zero attached hydrogens (tertiary/aromatic N) is 3. The van der Waals surface area contributed by atoms with E-state index in [1.165, 1.54) is 0 Å². The van der Waals surface area contributed by atoms with Crippen molar-refractivity contribution in [1.29, 1.82) is 0 Å².